The molecule has 30 heavy (non-hydrogen) atoms. The number of rotatable bonds is 9. The smallest absolute Gasteiger partial charge is 0.133 e. The van der Waals surface area contributed by atoms with Crippen LogP contribution >= 0.6 is 0 Å². The minimum Gasteiger partial charge on any atom is -0.383 e. The van der Waals surface area contributed by atoms with Crippen molar-refractivity contribution in [2.24, 2.45) is 4.99 Å². The van der Waals surface area contributed by atoms with Crippen molar-refractivity contribution in [1.82, 2.24) is 5.32 Å². The number of amidine groups is 1. The lowest BCUT2D eigenvalue weighted by molar-refractivity contribution is 0.165. The molecule has 2 unspecified atom stereocenters. The number of hydrogen-bond donors (Lipinski definition) is 1. The first-order chi connectivity index (χ1) is 14.5. The first-order valence-corrected chi connectivity index (χ1v) is 11.9. The molecule has 1 aromatic carbocycles. The number of nitrogens with one attached hydrogen (secondary N) is 1. The van der Waals surface area contributed by atoms with E-state index in [-0.39, 0.29) is 0 Å². The van der Waals surface area contributed by atoms with Crippen LogP contribution in [0.5, 0.6) is 0 Å². The number of piperidine rings is 1. The van der Waals surface area contributed by atoms with Gasteiger partial charge in [0.25, 0.3) is 0 Å². The molecule has 0 spiro atoms. The highest BCUT2D eigenvalue weighted by Gasteiger charge is 2.32. The Morgan fingerprint density at radius 1 is 1.17 bits per heavy atom. The number of benzene rings is 1. The molecule has 0 aromatic heterocycles. The number of methoxy groups -OCH3 is 1. The summed E-state index contributed by atoms with van der Waals surface area (Å²) in [5.74, 6) is 1.22. The summed E-state index contributed by atoms with van der Waals surface area (Å²) in [4.78, 5) is 7.83. The summed E-state index contributed by atoms with van der Waals surface area (Å²) in [7, 11) is 1.81. The van der Waals surface area contributed by atoms with Crippen LogP contribution in [0.2, 0.25) is 0 Å². The monoisotopic (exact) mass is 411 g/mol. The highest BCUT2D eigenvalue weighted by Crippen LogP contribution is 2.36. The molecule has 2 aliphatic heterocycles. The number of aryl methyl sites for hydroxylation is 3. The van der Waals surface area contributed by atoms with Gasteiger partial charge in [0, 0.05) is 43.1 Å². The number of anilines is 1. The van der Waals surface area contributed by atoms with E-state index in [0.29, 0.717) is 12.1 Å². The van der Waals surface area contributed by atoms with Gasteiger partial charge in [-0.15, -0.1) is 0 Å². The van der Waals surface area contributed by atoms with Gasteiger partial charge >= 0.3 is 0 Å². The Labute approximate surface area is 183 Å². The fraction of sp³-hybridized carbons (Fsp3) is 0.654. The van der Waals surface area contributed by atoms with Crippen molar-refractivity contribution in [2.45, 2.75) is 91.6 Å². The summed E-state index contributed by atoms with van der Waals surface area (Å²) >= 11 is 0. The van der Waals surface area contributed by atoms with Crippen LogP contribution < -0.4 is 10.2 Å². The molecule has 2 atom stereocenters. The standard InChI is InChI=1S/C26H41N3O/c1-7-10-21-16-24(27-22(11-8-2)17-30-6)23-12-9-13-29(26(23)28-21)25-19(4)14-18(3)15-20(25)5/h14-15,21-22,27H,7-13,16-17H2,1-6H3. The Hall–Kier alpha value is -1.81. The summed E-state index contributed by atoms with van der Waals surface area (Å²) in [5.41, 5.74) is 8.25. The lowest BCUT2D eigenvalue weighted by Crippen LogP contribution is -2.44. The van der Waals surface area contributed by atoms with Gasteiger partial charge in [0.15, 0.2) is 0 Å². The SMILES string of the molecule is CCCC1CC(NC(CCC)COC)=C2CCCN(c3c(C)cc(C)cc3C)C2=N1. The van der Waals surface area contributed by atoms with Crippen LogP contribution in [0.15, 0.2) is 28.4 Å². The van der Waals surface area contributed by atoms with Gasteiger partial charge in [0.2, 0.25) is 0 Å². The molecule has 1 N–H and O–H groups in total. The summed E-state index contributed by atoms with van der Waals surface area (Å²) < 4.78 is 5.52. The van der Waals surface area contributed by atoms with E-state index in [1.54, 1.807) is 7.11 Å². The molecule has 0 aliphatic carbocycles. The average molecular weight is 412 g/mol. The van der Waals surface area contributed by atoms with Crippen molar-refractivity contribution in [3.05, 3.63) is 40.1 Å². The number of dihydropyridines is 1. The number of nitrogens with zero attached hydrogens (tertiary/aromatic N) is 2. The Morgan fingerprint density at radius 3 is 2.53 bits per heavy atom. The topological polar surface area (TPSA) is 36.9 Å². The van der Waals surface area contributed by atoms with Gasteiger partial charge in [-0.1, -0.05) is 44.4 Å². The fourth-order valence-corrected chi connectivity index (χ4v) is 5.26. The van der Waals surface area contributed by atoms with Crippen molar-refractivity contribution in [3.8, 4) is 0 Å². The lowest BCUT2D eigenvalue weighted by atomic mass is 9.91. The summed E-state index contributed by atoms with van der Waals surface area (Å²) in [6.45, 7) is 13.0. The van der Waals surface area contributed by atoms with Crippen LogP contribution in [-0.4, -0.2) is 38.2 Å². The first kappa shape index (κ1) is 22.9. The van der Waals surface area contributed by atoms with Gasteiger partial charge in [0.1, 0.15) is 5.84 Å². The van der Waals surface area contributed by atoms with Crippen molar-refractivity contribution in [3.63, 3.8) is 0 Å². The quantitative estimate of drug-likeness (QED) is 0.554. The van der Waals surface area contributed by atoms with Crippen LogP contribution in [0.25, 0.3) is 0 Å². The maximum absolute atomic E-state index is 5.52. The lowest BCUT2D eigenvalue weighted by Gasteiger charge is -2.39. The molecule has 166 valence electrons. The van der Waals surface area contributed by atoms with E-state index in [2.05, 4.69) is 57.0 Å². The molecule has 4 heteroatoms. The van der Waals surface area contributed by atoms with E-state index in [4.69, 9.17) is 9.73 Å². The molecular weight excluding hydrogens is 370 g/mol. The van der Waals surface area contributed by atoms with E-state index < -0.39 is 0 Å². The second-order valence-electron chi connectivity index (χ2n) is 9.14. The molecule has 1 fully saturated rings. The molecular formula is C26H41N3O. The molecule has 4 nitrogen and oxygen atoms in total. The van der Waals surface area contributed by atoms with Crippen LogP contribution in [0.3, 0.4) is 0 Å². The van der Waals surface area contributed by atoms with Crippen LogP contribution in [0.4, 0.5) is 5.69 Å². The van der Waals surface area contributed by atoms with Crippen LogP contribution in [0, 0.1) is 20.8 Å². The Morgan fingerprint density at radius 2 is 1.90 bits per heavy atom. The second-order valence-corrected chi connectivity index (χ2v) is 9.14. The van der Waals surface area contributed by atoms with Gasteiger partial charge < -0.3 is 15.0 Å². The van der Waals surface area contributed by atoms with Gasteiger partial charge in [-0.05, 0) is 57.6 Å². The second kappa shape index (κ2) is 10.5. The molecule has 1 aromatic rings. The van der Waals surface area contributed by atoms with Crippen LogP contribution in [-0.2, 0) is 4.74 Å². The molecule has 2 aliphatic rings. The molecule has 2 heterocycles. The molecule has 0 saturated carbocycles. The minimum absolute atomic E-state index is 0.368. The molecule has 0 radical (unpaired) electrons. The zero-order valence-corrected chi connectivity index (χ0v) is 20.0. The van der Waals surface area contributed by atoms with Crippen molar-refractivity contribution in [1.29, 1.82) is 0 Å². The maximum Gasteiger partial charge on any atom is 0.133 e. The summed E-state index contributed by atoms with van der Waals surface area (Å²) in [6.07, 6.45) is 7.94. The van der Waals surface area contributed by atoms with E-state index in [9.17, 15) is 0 Å². The minimum atomic E-state index is 0.368. The van der Waals surface area contributed by atoms with Gasteiger partial charge in [0.05, 0.1) is 12.6 Å². The summed E-state index contributed by atoms with van der Waals surface area (Å²) in [5, 5.41) is 3.90. The predicted molar refractivity (Wildman–Crippen MR) is 129 cm³/mol. The Bertz CT molecular complexity index is 766. The normalized spacial score (nSPS) is 20.1. The Balaban J connectivity index is 2.01. The number of hydrogen-bond acceptors (Lipinski definition) is 4. The van der Waals surface area contributed by atoms with Gasteiger partial charge in [-0.2, -0.15) is 0 Å². The first-order valence-electron chi connectivity index (χ1n) is 11.9. The highest BCUT2D eigenvalue weighted by molar-refractivity contribution is 6.12. The predicted octanol–water partition coefficient (Wildman–Crippen LogP) is 5.84. The average Bonchev–Trinajstić information content (AvgIpc) is 2.68. The fourth-order valence-electron chi connectivity index (χ4n) is 5.26. The van der Waals surface area contributed by atoms with Crippen LogP contribution in [0.1, 0.15) is 75.5 Å². The molecule has 1 saturated heterocycles. The van der Waals surface area contributed by atoms with E-state index in [0.717, 1.165) is 45.3 Å². The van der Waals surface area contributed by atoms with E-state index in [1.807, 2.05) is 0 Å². The van der Waals surface area contributed by atoms with Gasteiger partial charge in [-0.25, -0.2) is 0 Å². The number of fused-ring (bicyclic) bond motifs is 1. The van der Waals surface area contributed by atoms with E-state index >= 15 is 0 Å². The third-order valence-corrected chi connectivity index (χ3v) is 6.35. The van der Waals surface area contributed by atoms with Crippen molar-refractivity contribution < 1.29 is 4.74 Å². The third kappa shape index (κ3) is 5.08. The summed E-state index contributed by atoms with van der Waals surface area (Å²) in [6, 6.07) is 5.36. The molecule has 0 amide bonds. The largest absolute Gasteiger partial charge is 0.383 e. The zero-order chi connectivity index (χ0) is 21.7. The van der Waals surface area contributed by atoms with Crippen molar-refractivity contribution >= 4 is 11.5 Å². The number of ether oxygens (including phenoxy) is 1. The van der Waals surface area contributed by atoms with Gasteiger partial charge in [-0.3, -0.25) is 4.99 Å². The highest BCUT2D eigenvalue weighted by atomic mass is 16.5. The van der Waals surface area contributed by atoms with Crippen molar-refractivity contribution in [2.75, 3.05) is 25.2 Å². The number of aliphatic imine (C=N–C) groups is 1. The zero-order valence-electron chi connectivity index (χ0n) is 20.0. The third-order valence-electron chi connectivity index (χ3n) is 6.35. The molecule has 0 bridgehead atoms. The maximum atomic E-state index is 5.52. The van der Waals surface area contributed by atoms with E-state index in [1.165, 1.54) is 52.3 Å². The molecule has 3 rings (SSSR count). The Kier molecular flexibility index (Phi) is 7.99.